The first-order valence-corrected chi connectivity index (χ1v) is 7.67. The zero-order valence-corrected chi connectivity index (χ0v) is 13.7. The molecule has 0 aromatic heterocycles. The molecular weight excluding hydrogens is 330 g/mol. The van der Waals surface area contributed by atoms with E-state index >= 15 is 0 Å². The number of rotatable bonds is 5. The first-order valence-electron chi connectivity index (χ1n) is 7.67. The fourth-order valence-electron chi connectivity index (χ4n) is 3.62. The number of nitro benzene ring substituents is 1. The van der Waals surface area contributed by atoms with Crippen LogP contribution in [-0.4, -0.2) is 39.0 Å². The highest BCUT2D eigenvalue weighted by molar-refractivity contribution is 6.03. The predicted molar refractivity (Wildman–Crippen MR) is 88.4 cm³/mol. The number of carboxylic acids is 2. The molecule has 1 aliphatic heterocycles. The third-order valence-electron chi connectivity index (χ3n) is 4.90. The molecule has 1 heterocycles. The summed E-state index contributed by atoms with van der Waals surface area (Å²) in [5.41, 5.74) is 4.52. The second-order valence-corrected chi connectivity index (χ2v) is 6.06. The average molecular weight is 349 g/mol. The monoisotopic (exact) mass is 349 g/mol. The van der Waals surface area contributed by atoms with Crippen LogP contribution in [0.25, 0.3) is 0 Å². The number of aliphatic imine (C=N–C) groups is 1. The maximum atomic E-state index is 12.1. The number of nitro groups is 1. The Labute approximate surface area is 143 Å². The van der Waals surface area contributed by atoms with E-state index in [1.807, 2.05) is 0 Å². The number of nitrogens with two attached hydrogens (primary N) is 1. The van der Waals surface area contributed by atoms with Crippen molar-refractivity contribution in [1.29, 1.82) is 0 Å². The Morgan fingerprint density at radius 3 is 2.52 bits per heavy atom. The van der Waals surface area contributed by atoms with Crippen LogP contribution in [0.2, 0.25) is 0 Å². The first-order chi connectivity index (χ1) is 11.7. The molecule has 4 unspecified atom stereocenters. The number of aliphatic carboxylic acids is 2. The number of hydrogen-bond donors (Lipinski definition) is 3. The van der Waals surface area contributed by atoms with Crippen LogP contribution in [0.5, 0.6) is 0 Å². The van der Waals surface area contributed by atoms with E-state index in [1.165, 1.54) is 31.2 Å². The van der Waals surface area contributed by atoms with Crippen LogP contribution >= 0.6 is 0 Å². The summed E-state index contributed by atoms with van der Waals surface area (Å²) in [6, 6.07) is 5.37. The molecule has 1 aromatic rings. The van der Waals surface area contributed by atoms with Crippen LogP contribution in [0.15, 0.2) is 29.3 Å². The van der Waals surface area contributed by atoms with Crippen LogP contribution in [0, 0.1) is 21.4 Å². The molecule has 0 saturated heterocycles. The Balaban J connectivity index is 2.79. The van der Waals surface area contributed by atoms with E-state index < -0.39 is 40.3 Å². The molecule has 0 bridgehead atoms. The van der Waals surface area contributed by atoms with Gasteiger partial charge in [0.05, 0.1) is 4.92 Å². The molecule has 2 rings (SSSR count). The van der Waals surface area contributed by atoms with E-state index in [1.54, 1.807) is 6.92 Å². The Bertz CT molecular complexity index is 762. The molecule has 0 amide bonds. The maximum absolute atomic E-state index is 12.1. The lowest BCUT2D eigenvalue weighted by atomic mass is 9.60. The van der Waals surface area contributed by atoms with Crippen LogP contribution in [0.3, 0.4) is 0 Å². The zero-order chi connectivity index (χ0) is 18.9. The number of non-ortho nitro benzene ring substituents is 1. The van der Waals surface area contributed by atoms with Gasteiger partial charge < -0.3 is 15.9 Å². The maximum Gasteiger partial charge on any atom is 0.313 e. The van der Waals surface area contributed by atoms with Gasteiger partial charge >= 0.3 is 11.9 Å². The van der Waals surface area contributed by atoms with E-state index in [9.17, 15) is 29.9 Å². The SMILES string of the molecule is CCC1(C(=O)O)C(N)N=C(C)C(C(=O)O)C1c1cccc([N+](=O)[O-])c1. The normalized spacial score (nSPS) is 28.9. The lowest BCUT2D eigenvalue weighted by molar-refractivity contribution is -0.385. The fourth-order valence-corrected chi connectivity index (χ4v) is 3.62. The molecule has 0 spiro atoms. The molecule has 1 aromatic carbocycles. The van der Waals surface area contributed by atoms with E-state index in [0.717, 1.165) is 0 Å². The van der Waals surface area contributed by atoms with Crippen molar-refractivity contribution in [2.75, 3.05) is 0 Å². The first kappa shape index (κ1) is 18.5. The fraction of sp³-hybridized carbons (Fsp3) is 0.438. The Morgan fingerprint density at radius 1 is 1.40 bits per heavy atom. The van der Waals surface area contributed by atoms with Crippen LogP contribution < -0.4 is 5.73 Å². The third kappa shape index (κ3) is 2.86. The van der Waals surface area contributed by atoms with Gasteiger partial charge in [0.1, 0.15) is 17.5 Å². The number of carboxylic acid groups (broad SMARTS) is 2. The molecule has 0 radical (unpaired) electrons. The molecular formula is C16H19N3O6. The molecule has 25 heavy (non-hydrogen) atoms. The summed E-state index contributed by atoms with van der Waals surface area (Å²) in [7, 11) is 0. The standard InChI is InChI=1S/C16H19N3O6/c1-3-16(15(22)23)12(9-5-4-6-10(7-9)19(24)25)11(13(20)21)8(2)18-14(16)17/h4-7,11-12,14H,3,17H2,1-2H3,(H,20,21)(H,22,23). The molecule has 9 nitrogen and oxygen atoms in total. The van der Waals surface area contributed by atoms with Crippen molar-refractivity contribution in [2.45, 2.75) is 32.4 Å². The van der Waals surface area contributed by atoms with Gasteiger partial charge in [-0.15, -0.1) is 0 Å². The molecule has 1 aliphatic rings. The van der Waals surface area contributed by atoms with Crippen molar-refractivity contribution in [1.82, 2.24) is 0 Å². The summed E-state index contributed by atoms with van der Waals surface area (Å²) >= 11 is 0. The van der Waals surface area contributed by atoms with Gasteiger partial charge in [0.15, 0.2) is 0 Å². The van der Waals surface area contributed by atoms with E-state index in [4.69, 9.17) is 5.73 Å². The van der Waals surface area contributed by atoms with Gasteiger partial charge in [-0.1, -0.05) is 19.1 Å². The largest absolute Gasteiger partial charge is 0.481 e. The lowest BCUT2D eigenvalue weighted by Crippen LogP contribution is -2.57. The van der Waals surface area contributed by atoms with Gasteiger partial charge in [0, 0.05) is 23.8 Å². The predicted octanol–water partition coefficient (Wildman–Crippen LogP) is 1.62. The number of nitrogens with zero attached hydrogens (tertiary/aromatic N) is 2. The second kappa shape index (κ2) is 6.60. The Morgan fingerprint density at radius 2 is 2.04 bits per heavy atom. The van der Waals surface area contributed by atoms with Gasteiger partial charge in [-0.05, 0) is 18.9 Å². The molecule has 4 atom stereocenters. The molecule has 0 aliphatic carbocycles. The molecule has 0 fully saturated rings. The van der Waals surface area contributed by atoms with Crippen LogP contribution in [-0.2, 0) is 9.59 Å². The van der Waals surface area contributed by atoms with E-state index in [2.05, 4.69) is 4.99 Å². The van der Waals surface area contributed by atoms with E-state index in [0.29, 0.717) is 0 Å². The van der Waals surface area contributed by atoms with Gasteiger partial charge in [0.25, 0.3) is 5.69 Å². The van der Waals surface area contributed by atoms with Crippen molar-refractivity contribution in [3.63, 3.8) is 0 Å². The van der Waals surface area contributed by atoms with Crippen molar-refractivity contribution in [2.24, 2.45) is 22.1 Å². The quantitative estimate of drug-likeness (QED) is 0.538. The number of carbonyl (C=O) groups is 2. The van der Waals surface area contributed by atoms with Crippen molar-refractivity contribution in [3.05, 3.63) is 39.9 Å². The Hall–Kier alpha value is -2.81. The second-order valence-electron chi connectivity index (χ2n) is 6.06. The van der Waals surface area contributed by atoms with Crippen molar-refractivity contribution < 1.29 is 24.7 Å². The van der Waals surface area contributed by atoms with E-state index in [-0.39, 0.29) is 23.4 Å². The van der Waals surface area contributed by atoms with Gasteiger partial charge in [0.2, 0.25) is 0 Å². The van der Waals surface area contributed by atoms with Gasteiger partial charge in [-0.3, -0.25) is 24.7 Å². The van der Waals surface area contributed by atoms with Gasteiger partial charge in [-0.2, -0.15) is 0 Å². The van der Waals surface area contributed by atoms with Crippen LogP contribution in [0.4, 0.5) is 5.69 Å². The van der Waals surface area contributed by atoms with Gasteiger partial charge in [-0.25, -0.2) is 0 Å². The zero-order valence-electron chi connectivity index (χ0n) is 13.7. The number of benzene rings is 1. The minimum absolute atomic E-state index is 0.0252. The molecule has 134 valence electrons. The highest BCUT2D eigenvalue weighted by atomic mass is 16.6. The highest BCUT2D eigenvalue weighted by Crippen LogP contribution is 2.50. The van der Waals surface area contributed by atoms with Crippen LogP contribution in [0.1, 0.15) is 31.7 Å². The van der Waals surface area contributed by atoms with Crippen molar-refractivity contribution in [3.8, 4) is 0 Å². The minimum atomic E-state index is -1.68. The summed E-state index contributed by atoms with van der Waals surface area (Å²) in [4.78, 5) is 38.5. The average Bonchev–Trinajstić information content (AvgIpc) is 2.53. The Kier molecular flexibility index (Phi) is 4.89. The lowest BCUT2D eigenvalue weighted by Gasteiger charge is -2.45. The molecule has 0 saturated carbocycles. The highest BCUT2D eigenvalue weighted by Gasteiger charge is 2.58. The molecule has 4 N–H and O–H groups in total. The minimum Gasteiger partial charge on any atom is -0.481 e. The summed E-state index contributed by atoms with van der Waals surface area (Å²) in [5.74, 6) is -4.84. The summed E-state index contributed by atoms with van der Waals surface area (Å²) in [6.07, 6.45) is -1.13. The smallest absolute Gasteiger partial charge is 0.313 e. The number of hydrogen-bond acceptors (Lipinski definition) is 6. The summed E-state index contributed by atoms with van der Waals surface area (Å²) in [5, 5.41) is 30.6. The third-order valence-corrected chi connectivity index (χ3v) is 4.90. The summed E-state index contributed by atoms with van der Waals surface area (Å²) in [6.45, 7) is 3.07. The summed E-state index contributed by atoms with van der Waals surface area (Å²) < 4.78 is 0. The topological polar surface area (TPSA) is 156 Å². The molecule has 9 heteroatoms. The van der Waals surface area contributed by atoms with Crippen molar-refractivity contribution >= 4 is 23.3 Å².